The van der Waals surface area contributed by atoms with Crippen LogP contribution >= 0.6 is 0 Å². The number of carboxylic acid groups (broad SMARTS) is 1. The van der Waals surface area contributed by atoms with Crippen LogP contribution in [0.15, 0.2) is 79.3 Å². The summed E-state index contributed by atoms with van der Waals surface area (Å²) in [4.78, 5) is 13.6. The molecule has 1 heterocycles. The van der Waals surface area contributed by atoms with Gasteiger partial charge in [-0.2, -0.15) is 0 Å². The van der Waals surface area contributed by atoms with E-state index in [2.05, 4.69) is 45.8 Å². The van der Waals surface area contributed by atoms with Crippen LogP contribution in [0, 0.1) is 11.8 Å². The minimum Gasteiger partial charge on any atom is -0.504 e. The summed E-state index contributed by atoms with van der Waals surface area (Å²) in [7, 11) is 1.39. The number of fused-ring (bicyclic) bond motifs is 1. The number of ether oxygens (including phenoxy) is 1. The van der Waals surface area contributed by atoms with E-state index in [1.54, 1.807) is 12.4 Å². The molecule has 0 unspecified atom stereocenters. The second-order valence-electron chi connectivity index (χ2n) is 4.93. The number of hydrogen-bond acceptors (Lipinski definition) is 3. The van der Waals surface area contributed by atoms with Gasteiger partial charge in [-0.3, -0.25) is 4.98 Å². The summed E-state index contributed by atoms with van der Waals surface area (Å²) < 4.78 is 4.29. The van der Waals surface area contributed by atoms with Crippen molar-refractivity contribution in [3.8, 4) is 11.8 Å². The lowest BCUT2D eigenvalue weighted by molar-refractivity contribution is -0.131. The van der Waals surface area contributed by atoms with Gasteiger partial charge in [-0.25, -0.2) is 4.79 Å². The average Bonchev–Trinajstić information content (AvgIpc) is 2.66. The summed E-state index contributed by atoms with van der Waals surface area (Å²) >= 11 is 0. The summed E-state index contributed by atoms with van der Waals surface area (Å²) in [5.74, 6) is 5.28. The van der Waals surface area contributed by atoms with Crippen molar-refractivity contribution >= 4 is 16.7 Å². The van der Waals surface area contributed by atoms with Gasteiger partial charge in [0.1, 0.15) is 0 Å². The zero-order valence-corrected chi connectivity index (χ0v) is 13.7. The predicted octanol–water partition coefficient (Wildman–Crippen LogP) is 3.87. The van der Waals surface area contributed by atoms with Crippen LogP contribution in [0.1, 0.15) is 11.1 Å². The number of pyridine rings is 1. The predicted molar refractivity (Wildman–Crippen MR) is 97.9 cm³/mol. The van der Waals surface area contributed by atoms with Gasteiger partial charge in [-0.05, 0) is 35.0 Å². The number of aliphatic carboxylic acids is 1. The van der Waals surface area contributed by atoms with Crippen LogP contribution in [0.4, 0.5) is 0 Å². The Morgan fingerprint density at radius 1 is 1.04 bits per heavy atom. The summed E-state index contributed by atoms with van der Waals surface area (Å²) in [6.45, 7) is 0. The highest BCUT2D eigenvalue weighted by atomic mass is 16.5. The minimum atomic E-state index is -0.998. The Labute approximate surface area is 146 Å². The van der Waals surface area contributed by atoms with E-state index in [0.717, 1.165) is 23.5 Å². The van der Waals surface area contributed by atoms with E-state index in [1.807, 2.05) is 30.3 Å². The zero-order chi connectivity index (χ0) is 17.9. The van der Waals surface area contributed by atoms with E-state index in [-0.39, 0.29) is 0 Å². The highest BCUT2D eigenvalue weighted by Crippen LogP contribution is 2.14. The summed E-state index contributed by atoms with van der Waals surface area (Å²) in [5, 5.41) is 10.3. The standard InChI is InChI=1S/C17H11N.C4H6O3/c1-2-6-17-12-14(9-10-16(17)5-1)7-8-15-4-3-11-18-13-15;1-7-3-2-4(5)6/h1-6,9-13H;2-3H,1H3,(H,5,6). The molecule has 4 nitrogen and oxygen atoms in total. The first-order valence-corrected chi connectivity index (χ1v) is 7.52. The fraction of sp³-hybridized carbons (Fsp3) is 0.0476. The summed E-state index contributed by atoms with van der Waals surface area (Å²) in [6.07, 6.45) is 5.54. The molecule has 2 aromatic carbocycles. The van der Waals surface area contributed by atoms with Crippen molar-refractivity contribution in [2.45, 2.75) is 0 Å². The molecule has 25 heavy (non-hydrogen) atoms. The number of benzene rings is 2. The second-order valence-corrected chi connectivity index (χ2v) is 4.93. The van der Waals surface area contributed by atoms with Gasteiger partial charge in [-0.1, -0.05) is 42.2 Å². The quantitative estimate of drug-likeness (QED) is 0.440. The number of methoxy groups -OCH3 is 1. The molecule has 0 fully saturated rings. The van der Waals surface area contributed by atoms with Crippen LogP contribution in [0.5, 0.6) is 0 Å². The molecule has 1 N–H and O–H groups in total. The third kappa shape index (κ3) is 6.20. The maximum Gasteiger partial charge on any atom is 0.331 e. The second kappa shape index (κ2) is 9.53. The van der Waals surface area contributed by atoms with Crippen molar-refractivity contribution in [2.75, 3.05) is 7.11 Å². The minimum absolute atomic E-state index is 0.917. The van der Waals surface area contributed by atoms with Gasteiger partial charge in [0, 0.05) is 23.5 Å². The van der Waals surface area contributed by atoms with Gasteiger partial charge in [0.05, 0.1) is 19.4 Å². The Morgan fingerprint density at radius 2 is 1.80 bits per heavy atom. The first-order chi connectivity index (χ1) is 12.2. The maximum atomic E-state index is 9.59. The molecule has 0 atom stereocenters. The molecule has 1 aromatic heterocycles. The highest BCUT2D eigenvalue weighted by Gasteiger charge is 1.92. The number of carbonyl (C=O) groups is 1. The molecule has 0 aliphatic heterocycles. The first-order valence-electron chi connectivity index (χ1n) is 7.52. The molecule has 0 saturated carbocycles. The Morgan fingerprint density at radius 3 is 2.44 bits per heavy atom. The molecule has 0 bridgehead atoms. The molecular weight excluding hydrogens is 314 g/mol. The molecule has 0 aliphatic rings. The number of aromatic nitrogens is 1. The van der Waals surface area contributed by atoms with Crippen LogP contribution in [0.25, 0.3) is 10.8 Å². The van der Waals surface area contributed by atoms with Crippen molar-refractivity contribution in [3.63, 3.8) is 0 Å². The molecule has 0 amide bonds. The van der Waals surface area contributed by atoms with Crippen molar-refractivity contribution < 1.29 is 14.6 Å². The lowest BCUT2D eigenvalue weighted by Crippen LogP contribution is -1.85. The van der Waals surface area contributed by atoms with Gasteiger partial charge >= 0.3 is 5.97 Å². The molecule has 3 rings (SSSR count). The van der Waals surface area contributed by atoms with E-state index in [0.29, 0.717) is 0 Å². The van der Waals surface area contributed by atoms with Gasteiger partial charge in [0.15, 0.2) is 0 Å². The molecule has 0 spiro atoms. The normalized spacial score (nSPS) is 9.64. The van der Waals surface area contributed by atoms with Gasteiger partial charge in [-0.15, -0.1) is 0 Å². The smallest absolute Gasteiger partial charge is 0.331 e. The highest BCUT2D eigenvalue weighted by molar-refractivity contribution is 5.83. The first kappa shape index (κ1) is 17.8. The van der Waals surface area contributed by atoms with Crippen molar-refractivity contribution in [2.24, 2.45) is 0 Å². The zero-order valence-electron chi connectivity index (χ0n) is 13.7. The largest absolute Gasteiger partial charge is 0.504 e. The number of nitrogens with zero attached hydrogens (tertiary/aromatic N) is 1. The molecule has 124 valence electrons. The Balaban J connectivity index is 0.000000277. The lowest BCUT2D eigenvalue weighted by Gasteiger charge is -1.97. The van der Waals surface area contributed by atoms with Crippen molar-refractivity contribution in [1.82, 2.24) is 4.98 Å². The maximum absolute atomic E-state index is 9.59. The van der Waals surface area contributed by atoms with Crippen LogP contribution < -0.4 is 0 Å². The van der Waals surface area contributed by atoms with E-state index in [4.69, 9.17) is 5.11 Å². The molecule has 0 aliphatic carbocycles. The SMILES string of the molecule is C(#Cc1ccc2ccccc2c1)c1cccnc1.COC=CC(=O)O. The summed E-state index contributed by atoms with van der Waals surface area (Å²) in [6, 6.07) is 18.4. The third-order valence-corrected chi connectivity index (χ3v) is 3.11. The molecule has 3 aromatic rings. The topological polar surface area (TPSA) is 59.4 Å². The molecule has 0 radical (unpaired) electrons. The number of hydrogen-bond donors (Lipinski definition) is 1. The molecular formula is C21H17NO3. The average molecular weight is 331 g/mol. The number of carboxylic acids is 1. The van der Waals surface area contributed by atoms with E-state index in [9.17, 15) is 4.79 Å². The van der Waals surface area contributed by atoms with Gasteiger partial charge in [0.2, 0.25) is 0 Å². The van der Waals surface area contributed by atoms with E-state index in [1.165, 1.54) is 17.9 Å². The van der Waals surface area contributed by atoms with E-state index < -0.39 is 5.97 Å². The van der Waals surface area contributed by atoms with Crippen molar-refractivity contribution in [1.29, 1.82) is 0 Å². The van der Waals surface area contributed by atoms with Crippen LogP contribution in [-0.2, 0) is 9.53 Å². The van der Waals surface area contributed by atoms with Crippen molar-refractivity contribution in [3.05, 3.63) is 90.5 Å². The Kier molecular flexibility index (Phi) is 6.78. The van der Waals surface area contributed by atoms with E-state index >= 15 is 0 Å². The van der Waals surface area contributed by atoms with Crippen LogP contribution in [0.2, 0.25) is 0 Å². The van der Waals surface area contributed by atoms with Crippen LogP contribution in [-0.4, -0.2) is 23.2 Å². The fourth-order valence-electron chi connectivity index (χ4n) is 1.97. The Bertz CT molecular complexity index is 922. The van der Waals surface area contributed by atoms with Gasteiger partial charge in [0.25, 0.3) is 0 Å². The lowest BCUT2D eigenvalue weighted by atomic mass is 10.1. The molecule has 0 saturated heterocycles. The monoisotopic (exact) mass is 331 g/mol. The van der Waals surface area contributed by atoms with Crippen LogP contribution in [0.3, 0.4) is 0 Å². The fourth-order valence-corrected chi connectivity index (χ4v) is 1.97. The number of rotatable bonds is 2. The molecule has 4 heteroatoms. The third-order valence-electron chi connectivity index (χ3n) is 3.11. The summed E-state index contributed by atoms with van der Waals surface area (Å²) in [5.41, 5.74) is 1.96. The van der Waals surface area contributed by atoms with Gasteiger partial charge < -0.3 is 9.84 Å². The Hall–Kier alpha value is -3.58.